The monoisotopic (exact) mass is 227 g/mol. The molecular weight excluding hydrogens is 214 g/mol. The first-order chi connectivity index (χ1) is 8.22. The van der Waals surface area contributed by atoms with E-state index in [0.717, 1.165) is 11.1 Å². The molecule has 0 radical (unpaired) electrons. The first kappa shape index (κ1) is 9.84. The summed E-state index contributed by atoms with van der Waals surface area (Å²) in [5.74, 6) is 0.571. The van der Waals surface area contributed by atoms with Crippen molar-refractivity contribution >= 4 is 16.9 Å². The molecule has 17 heavy (non-hydrogen) atoms. The van der Waals surface area contributed by atoms with Gasteiger partial charge in [-0.05, 0) is 25.1 Å². The third-order valence-electron chi connectivity index (χ3n) is 2.53. The van der Waals surface area contributed by atoms with Crippen molar-refractivity contribution in [3.63, 3.8) is 0 Å². The number of nitrogen functional groups attached to an aromatic ring is 1. The van der Waals surface area contributed by atoms with E-state index in [1.165, 1.54) is 0 Å². The minimum atomic E-state index is 0. The summed E-state index contributed by atoms with van der Waals surface area (Å²) < 4.78 is 5.59. The molecule has 0 amide bonds. The van der Waals surface area contributed by atoms with Crippen LogP contribution in [0.2, 0.25) is 0 Å². The summed E-state index contributed by atoms with van der Waals surface area (Å²) in [5, 5.41) is 0. The molecule has 2 N–H and O–H groups in total. The Morgan fingerprint density at radius 3 is 3.00 bits per heavy atom. The largest absolute Gasteiger partial charge is 0.418 e. The Hall–Kier alpha value is -2.36. The van der Waals surface area contributed by atoms with Gasteiger partial charge in [0.25, 0.3) is 0 Å². The van der Waals surface area contributed by atoms with Gasteiger partial charge in [0.2, 0.25) is 11.6 Å². The molecule has 0 aliphatic carbocycles. The van der Waals surface area contributed by atoms with Crippen molar-refractivity contribution in [1.82, 2.24) is 9.97 Å². The smallest absolute Gasteiger partial charge is 0.247 e. The number of nitrogens with two attached hydrogens (primary N) is 1. The number of aryl methyl sites for hydroxylation is 1. The van der Waals surface area contributed by atoms with Crippen LogP contribution in [0.25, 0.3) is 22.7 Å². The molecule has 0 unspecified atom stereocenters. The zero-order chi connectivity index (χ0) is 11.8. The van der Waals surface area contributed by atoms with Gasteiger partial charge in [0.1, 0.15) is 5.52 Å². The molecule has 0 fully saturated rings. The number of hydrogen-bond acceptors (Lipinski definition) is 4. The van der Waals surface area contributed by atoms with Gasteiger partial charge in [-0.25, -0.2) is 9.97 Å². The van der Waals surface area contributed by atoms with Crippen molar-refractivity contribution in [2.75, 3.05) is 5.73 Å². The van der Waals surface area contributed by atoms with Gasteiger partial charge in [-0.3, -0.25) is 0 Å². The first-order valence-corrected chi connectivity index (χ1v) is 5.31. The van der Waals surface area contributed by atoms with Crippen LogP contribution in [0.15, 0.2) is 40.9 Å². The Morgan fingerprint density at radius 2 is 2.18 bits per heavy atom. The molecule has 2 aromatic heterocycles. The van der Waals surface area contributed by atoms with Crippen LogP contribution in [-0.4, -0.2) is 9.97 Å². The van der Waals surface area contributed by atoms with Crippen LogP contribution in [0.5, 0.6) is 0 Å². The number of oxazole rings is 1. The maximum atomic E-state index is 5.65. The lowest BCUT2D eigenvalue weighted by Gasteiger charge is -1.95. The fraction of sp³-hybridized carbons (Fsp3) is 0.0769. The summed E-state index contributed by atoms with van der Waals surface area (Å²) in [5.41, 5.74) is 9.54. The third-order valence-corrected chi connectivity index (χ3v) is 2.53. The second-order valence-corrected chi connectivity index (χ2v) is 3.98. The fourth-order valence-electron chi connectivity index (χ4n) is 1.74. The second-order valence-electron chi connectivity index (χ2n) is 3.98. The summed E-state index contributed by atoms with van der Waals surface area (Å²) in [4.78, 5) is 8.47. The van der Waals surface area contributed by atoms with Crippen LogP contribution < -0.4 is 5.73 Å². The summed E-state index contributed by atoms with van der Waals surface area (Å²) in [6, 6.07) is 9.74. The van der Waals surface area contributed by atoms with Crippen molar-refractivity contribution in [1.29, 1.82) is 0 Å². The minimum absolute atomic E-state index is 0. The number of fused-ring (bicyclic) bond motifs is 1. The Morgan fingerprint density at radius 1 is 1.29 bits per heavy atom. The average Bonchev–Trinajstić information content (AvgIpc) is 2.72. The quantitative estimate of drug-likeness (QED) is 0.694. The van der Waals surface area contributed by atoms with E-state index in [1.54, 1.807) is 12.3 Å². The Bertz CT molecular complexity index is 694. The third kappa shape index (κ3) is 1.73. The van der Waals surface area contributed by atoms with Crippen LogP contribution >= 0.6 is 0 Å². The zero-order valence-corrected chi connectivity index (χ0v) is 9.34. The molecule has 0 aliphatic heterocycles. The number of rotatable bonds is 1. The number of nitrogens with zero attached hydrogens (tertiary/aromatic N) is 2. The maximum absolute atomic E-state index is 5.65. The Kier molecular flexibility index (Phi) is 2.08. The maximum Gasteiger partial charge on any atom is 0.247 e. The number of benzene rings is 1. The molecule has 4 nitrogen and oxygen atoms in total. The highest BCUT2D eigenvalue weighted by Crippen LogP contribution is 2.24. The van der Waals surface area contributed by atoms with E-state index in [9.17, 15) is 0 Å². The lowest BCUT2D eigenvalue weighted by molar-refractivity contribution is 0.608. The molecule has 0 saturated carbocycles. The van der Waals surface area contributed by atoms with Crippen molar-refractivity contribution in [3.8, 4) is 11.5 Å². The van der Waals surface area contributed by atoms with Gasteiger partial charge in [0.15, 0.2) is 0 Å². The van der Waals surface area contributed by atoms with Crippen molar-refractivity contribution < 1.29 is 5.84 Å². The van der Waals surface area contributed by atoms with E-state index in [4.69, 9.17) is 10.2 Å². The lowest BCUT2D eigenvalue weighted by Crippen LogP contribution is -1.85. The molecule has 0 bridgehead atoms. The fourth-order valence-corrected chi connectivity index (χ4v) is 1.74. The van der Waals surface area contributed by atoms with E-state index in [1.807, 2.05) is 31.2 Å². The van der Waals surface area contributed by atoms with Crippen LogP contribution in [0.1, 0.15) is 6.99 Å². The van der Waals surface area contributed by atoms with Crippen LogP contribution in [-0.2, 0) is 0 Å². The molecular formula is C13H13N3O. The highest BCUT2D eigenvalue weighted by Gasteiger charge is 2.09. The van der Waals surface area contributed by atoms with E-state index < -0.39 is 0 Å². The normalized spacial score (nSPS) is 10.9. The summed E-state index contributed by atoms with van der Waals surface area (Å²) >= 11 is 0. The molecule has 0 aliphatic rings. The van der Waals surface area contributed by atoms with Gasteiger partial charge in [-0.15, -0.1) is 0 Å². The number of aromatic nitrogens is 2. The molecule has 3 rings (SSSR count). The molecule has 3 aromatic rings. The van der Waals surface area contributed by atoms with Crippen LogP contribution in [0.4, 0.5) is 5.69 Å². The highest BCUT2D eigenvalue weighted by atomic mass is 16.4. The van der Waals surface area contributed by atoms with Crippen LogP contribution in [0, 0.1) is 6.92 Å². The molecule has 0 saturated heterocycles. The first-order valence-electron chi connectivity index (χ1n) is 5.31. The molecule has 0 spiro atoms. The Labute approximate surface area is 99.6 Å². The van der Waals surface area contributed by atoms with Gasteiger partial charge in [-0.1, -0.05) is 17.7 Å². The van der Waals surface area contributed by atoms with Crippen LogP contribution in [0.3, 0.4) is 0 Å². The SMILES string of the molecule is Cc1cccc(-c2nc3cc(N)cnc3o2)c1.[HH]. The van der Waals surface area contributed by atoms with E-state index in [0.29, 0.717) is 22.8 Å². The van der Waals surface area contributed by atoms with Crippen molar-refractivity contribution in [2.24, 2.45) is 0 Å². The average molecular weight is 227 g/mol. The van der Waals surface area contributed by atoms with Gasteiger partial charge < -0.3 is 10.2 Å². The van der Waals surface area contributed by atoms with Crippen molar-refractivity contribution in [3.05, 3.63) is 42.1 Å². The second kappa shape index (κ2) is 3.59. The molecule has 86 valence electrons. The van der Waals surface area contributed by atoms with Gasteiger partial charge >= 0.3 is 0 Å². The highest BCUT2D eigenvalue weighted by molar-refractivity contribution is 5.75. The number of hydrogen-bond donors (Lipinski definition) is 1. The minimum Gasteiger partial charge on any atom is -0.418 e. The van der Waals surface area contributed by atoms with E-state index in [-0.39, 0.29) is 1.43 Å². The lowest BCUT2D eigenvalue weighted by atomic mass is 10.1. The summed E-state index contributed by atoms with van der Waals surface area (Å²) in [7, 11) is 0. The summed E-state index contributed by atoms with van der Waals surface area (Å²) in [6.45, 7) is 2.03. The summed E-state index contributed by atoms with van der Waals surface area (Å²) in [6.07, 6.45) is 1.56. The van der Waals surface area contributed by atoms with Gasteiger partial charge in [0, 0.05) is 6.99 Å². The Balaban J connectivity index is 0.00000120. The van der Waals surface area contributed by atoms with E-state index in [2.05, 4.69) is 9.97 Å². The molecule has 4 heteroatoms. The zero-order valence-electron chi connectivity index (χ0n) is 9.34. The van der Waals surface area contributed by atoms with Gasteiger partial charge in [0.05, 0.1) is 11.9 Å². The van der Waals surface area contributed by atoms with E-state index >= 15 is 0 Å². The number of anilines is 1. The predicted octanol–water partition coefficient (Wildman–Crippen LogP) is 3.03. The molecule has 0 atom stereocenters. The molecule has 1 aromatic carbocycles. The molecule has 2 heterocycles. The van der Waals surface area contributed by atoms with Gasteiger partial charge in [-0.2, -0.15) is 0 Å². The van der Waals surface area contributed by atoms with Crippen molar-refractivity contribution in [2.45, 2.75) is 6.92 Å². The standard InChI is InChI=1S/C13H11N3O.H2/c1-8-3-2-4-9(5-8)12-16-11-6-10(14)7-15-13(11)17-12;/h2-7H,14H2,1H3;1H. The predicted molar refractivity (Wildman–Crippen MR) is 68.5 cm³/mol. The number of pyridine rings is 1. The topological polar surface area (TPSA) is 64.9 Å².